The number of carbonyl (C=O) groups is 6. The number of hydrogen-bond donors (Lipinski definition) is 1. The van der Waals surface area contributed by atoms with E-state index < -0.39 is 0 Å². The van der Waals surface area contributed by atoms with Crippen molar-refractivity contribution in [3.8, 4) is 0 Å². The van der Waals surface area contributed by atoms with E-state index in [0.717, 1.165) is 38.4 Å². The van der Waals surface area contributed by atoms with Gasteiger partial charge >= 0.3 is 6.09 Å². The second-order valence-corrected chi connectivity index (χ2v) is 3.37. The van der Waals surface area contributed by atoms with E-state index in [1.807, 2.05) is 27.2 Å². The average molecular weight is 335 g/mol. The Morgan fingerprint density at radius 1 is 0.870 bits per heavy atom. The average Bonchev–Trinajstić information content (AvgIpc) is 2.64. The van der Waals surface area contributed by atoms with E-state index in [0.29, 0.717) is 19.6 Å². The summed E-state index contributed by atoms with van der Waals surface area (Å²) in [6, 6.07) is 0. The predicted molar refractivity (Wildman–Crippen MR) is 87.3 cm³/mol. The summed E-state index contributed by atoms with van der Waals surface area (Å²) in [6.45, 7) is 10.9. The minimum atomic E-state index is -0.335. The topological polar surface area (TPSA) is 124 Å². The van der Waals surface area contributed by atoms with E-state index >= 15 is 0 Å². The highest BCUT2D eigenvalue weighted by molar-refractivity contribution is 5.66. The van der Waals surface area contributed by atoms with Crippen molar-refractivity contribution in [1.82, 2.24) is 5.32 Å². The molecule has 1 amide bonds. The molecular formula is C15H29NO7. The second-order valence-electron chi connectivity index (χ2n) is 3.37. The number of rotatable bonds is 9. The number of amides is 1. The van der Waals surface area contributed by atoms with Crippen molar-refractivity contribution in [1.29, 1.82) is 0 Å². The molecule has 0 saturated heterocycles. The van der Waals surface area contributed by atoms with Crippen LogP contribution in [0, 0.1) is 0 Å². The number of aldehydes is 1. The maximum Gasteiger partial charge on any atom is 0.407 e. The van der Waals surface area contributed by atoms with Gasteiger partial charge in [-0.25, -0.2) is 4.79 Å². The fourth-order valence-corrected chi connectivity index (χ4v) is 1.26. The van der Waals surface area contributed by atoms with Gasteiger partial charge in [-0.1, -0.05) is 19.3 Å². The maximum atomic E-state index is 10.8. The number of carbonyl (C=O) groups excluding carboxylic acids is 6. The van der Waals surface area contributed by atoms with Crippen molar-refractivity contribution in [3.05, 3.63) is 0 Å². The van der Waals surface area contributed by atoms with Crippen LogP contribution in [-0.2, 0) is 28.7 Å². The van der Waals surface area contributed by atoms with Crippen molar-refractivity contribution in [2.45, 2.75) is 45.4 Å². The van der Waals surface area contributed by atoms with E-state index in [9.17, 15) is 9.59 Å². The van der Waals surface area contributed by atoms with Gasteiger partial charge in [-0.2, -0.15) is 0 Å². The summed E-state index contributed by atoms with van der Waals surface area (Å²) in [5.41, 5.74) is 0. The zero-order valence-corrected chi connectivity index (χ0v) is 13.9. The first-order chi connectivity index (χ1) is 11.3. The molecule has 136 valence electrons. The Hall–Kier alpha value is -2.38. The molecule has 0 fully saturated rings. The van der Waals surface area contributed by atoms with Crippen molar-refractivity contribution < 1.29 is 33.5 Å². The highest BCUT2D eigenvalue weighted by Crippen LogP contribution is 2.03. The van der Waals surface area contributed by atoms with E-state index in [-0.39, 0.29) is 6.09 Å². The van der Waals surface area contributed by atoms with E-state index in [1.54, 1.807) is 6.92 Å². The summed E-state index contributed by atoms with van der Waals surface area (Å²) in [7, 11) is 0. The normalized spacial score (nSPS) is 7.00. The summed E-state index contributed by atoms with van der Waals surface area (Å²) in [6.07, 6.45) is 6.55. The molecule has 23 heavy (non-hydrogen) atoms. The monoisotopic (exact) mass is 335 g/mol. The molecule has 0 heterocycles. The minimum absolute atomic E-state index is 0.335. The second kappa shape index (κ2) is 50.4. The predicted octanol–water partition coefficient (Wildman–Crippen LogP) is 1.53. The van der Waals surface area contributed by atoms with E-state index in [1.165, 1.54) is 0 Å². The molecule has 0 spiro atoms. The highest BCUT2D eigenvalue weighted by Gasteiger charge is 1.97. The SMILES string of the molecule is C=O.C=O.C=O.C=O.CCOC(=O)NCCCCCCCC=O. The number of hydrogen-bond acceptors (Lipinski definition) is 7. The Balaban J connectivity index is -0.000000116. The lowest BCUT2D eigenvalue weighted by Gasteiger charge is -2.04. The Labute approximate surface area is 138 Å². The van der Waals surface area contributed by atoms with Crippen LogP contribution in [0.3, 0.4) is 0 Å². The smallest absolute Gasteiger partial charge is 0.407 e. The number of nitrogens with one attached hydrogen (secondary N) is 1. The highest BCUT2D eigenvalue weighted by atomic mass is 16.5. The van der Waals surface area contributed by atoms with Crippen LogP contribution in [0.15, 0.2) is 0 Å². The summed E-state index contributed by atoms with van der Waals surface area (Å²) in [5.74, 6) is 0. The molecular weight excluding hydrogens is 306 g/mol. The van der Waals surface area contributed by atoms with Gasteiger partial charge in [0.25, 0.3) is 0 Å². The van der Waals surface area contributed by atoms with Gasteiger partial charge in [0, 0.05) is 13.0 Å². The zero-order valence-electron chi connectivity index (χ0n) is 13.9. The molecule has 0 radical (unpaired) electrons. The van der Waals surface area contributed by atoms with Crippen molar-refractivity contribution in [2.75, 3.05) is 13.2 Å². The molecule has 8 nitrogen and oxygen atoms in total. The lowest BCUT2D eigenvalue weighted by Crippen LogP contribution is -2.25. The third kappa shape index (κ3) is 54.0. The molecule has 0 aliphatic carbocycles. The van der Waals surface area contributed by atoms with Crippen LogP contribution in [0.2, 0.25) is 0 Å². The standard InChI is InChI=1S/C11H21NO3.4CH2O/c1-2-15-11(14)12-9-7-5-3-4-6-8-10-13;4*1-2/h10H,2-9H2,1H3,(H,12,14);4*1H2. The summed E-state index contributed by atoms with van der Waals surface area (Å²) in [4.78, 5) is 52.9. The fraction of sp³-hybridized carbons (Fsp3) is 0.600. The maximum absolute atomic E-state index is 10.8. The molecule has 0 rings (SSSR count). The first kappa shape index (κ1) is 32.5. The van der Waals surface area contributed by atoms with Crippen molar-refractivity contribution in [3.63, 3.8) is 0 Å². The van der Waals surface area contributed by atoms with Crippen LogP contribution in [0.1, 0.15) is 45.4 Å². The van der Waals surface area contributed by atoms with Crippen LogP contribution in [0.4, 0.5) is 4.79 Å². The molecule has 8 heteroatoms. The van der Waals surface area contributed by atoms with Crippen molar-refractivity contribution in [2.24, 2.45) is 0 Å². The van der Waals surface area contributed by atoms with Gasteiger partial charge in [0.1, 0.15) is 33.4 Å². The van der Waals surface area contributed by atoms with Gasteiger partial charge in [0.15, 0.2) is 0 Å². The van der Waals surface area contributed by atoms with Crippen LogP contribution in [0.5, 0.6) is 0 Å². The lowest BCUT2D eigenvalue weighted by atomic mass is 10.1. The number of unbranched alkanes of at least 4 members (excludes halogenated alkanes) is 5. The Morgan fingerprint density at radius 3 is 1.74 bits per heavy atom. The van der Waals surface area contributed by atoms with Gasteiger partial charge < -0.3 is 34.0 Å². The van der Waals surface area contributed by atoms with Crippen molar-refractivity contribution >= 4 is 39.5 Å². The van der Waals surface area contributed by atoms with Crippen LogP contribution in [-0.4, -0.2) is 52.7 Å². The lowest BCUT2D eigenvalue weighted by molar-refractivity contribution is -0.108. The van der Waals surface area contributed by atoms with Gasteiger partial charge in [-0.05, 0) is 19.8 Å². The van der Waals surface area contributed by atoms with E-state index in [2.05, 4.69) is 5.32 Å². The van der Waals surface area contributed by atoms with E-state index in [4.69, 9.17) is 23.9 Å². The Morgan fingerprint density at radius 2 is 1.30 bits per heavy atom. The third-order valence-corrected chi connectivity index (χ3v) is 2.04. The van der Waals surface area contributed by atoms with Gasteiger partial charge in [0.2, 0.25) is 0 Å². The number of ether oxygens (including phenoxy) is 1. The molecule has 0 aromatic rings. The largest absolute Gasteiger partial charge is 0.450 e. The molecule has 0 aliphatic heterocycles. The minimum Gasteiger partial charge on any atom is -0.450 e. The van der Waals surface area contributed by atoms with Crippen LogP contribution < -0.4 is 5.32 Å². The Bertz CT molecular complexity index is 220. The molecule has 1 N–H and O–H groups in total. The molecule has 0 unspecified atom stereocenters. The number of alkyl carbamates (subject to hydrolysis) is 1. The molecule has 0 aromatic heterocycles. The third-order valence-electron chi connectivity index (χ3n) is 2.04. The van der Waals surface area contributed by atoms with Crippen LogP contribution >= 0.6 is 0 Å². The summed E-state index contributed by atoms with van der Waals surface area (Å²) < 4.78 is 4.71. The first-order valence-corrected chi connectivity index (χ1v) is 6.81. The molecule has 0 aromatic carbocycles. The van der Waals surface area contributed by atoms with Gasteiger partial charge in [-0.15, -0.1) is 0 Å². The molecule has 0 aliphatic rings. The summed E-state index contributed by atoms with van der Waals surface area (Å²) >= 11 is 0. The first-order valence-electron chi connectivity index (χ1n) is 6.81. The molecule has 0 saturated carbocycles. The van der Waals surface area contributed by atoms with Gasteiger partial charge in [-0.3, -0.25) is 0 Å². The van der Waals surface area contributed by atoms with Crippen LogP contribution in [0.25, 0.3) is 0 Å². The molecule has 0 bridgehead atoms. The summed E-state index contributed by atoms with van der Waals surface area (Å²) in [5, 5.41) is 2.67. The fourth-order valence-electron chi connectivity index (χ4n) is 1.26. The van der Waals surface area contributed by atoms with Gasteiger partial charge in [0.05, 0.1) is 6.61 Å². The molecule has 0 atom stereocenters. The Kier molecular flexibility index (Phi) is 71.3. The quantitative estimate of drug-likeness (QED) is 0.500. The zero-order chi connectivity index (χ0) is 19.4.